The number of aliphatic carboxylic acids is 1. The molecule has 0 unspecified atom stereocenters. The molecular weight excluding hydrogens is 238 g/mol. The molecule has 0 aromatic carbocycles. The highest BCUT2D eigenvalue weighted by atomic mass is 16.5. The zero-order chi connectivity index (χ0) is 12.8. The highest BCUT2D eigenvalue weighted by molar-refractivity contribution is 5.68. The topological polar surface area (TPSA) is 93.4 Å². The van der Waals surface area contributed by atoms with Crippen molar-refractivity contribution >= 4 is 5.97 Å². The van der Waals surface area contributed by atoms with Crippen molar-refractivity contribution in [1.82, 2.24) is 25.1 Å². The molecule has 1 aromatic heterocycles. The van der Waals surface area contributed by atoms with Crippen LogP contribution in [0.3, 0.4) is 0 Å². The Morgan fingerprint density at radius 2 is 2.11 bits per heavy atom. The van der Waals surface area contributed by atoms with Crippen molar-refractivity contribution in [3.8, 4) is 0 Å². The van der Waals surface area contributed by atoms with E-state index in [1.807, 2.05) is 0 Å². The Bertz CT molecular complexity index is 389. The highest BCUT2D eigenvalue weighted by Gasteiger charge is 2.12. The Kier molecular flexibility index (Phi) is 4.59. The van der Waals surface area contributed by atoms with Crippen LogP contribution in [-0.2, 0) is 22.5 Å². The largest absolute Gasteiger partial charge is 0.481 e. The lowest BCUT2D eigenvalue weighted by Gasteiger charge is -2.26. The number of aromatic nitrogens is 4. The summed E-state index contributed by atoms with van der Waals surface area (Å²) < 4.78 is 6.83. The number of hydrogen-bond donors (Lipinski definition) is 1. The Balaban J connectivity index is 1.75. The van der Waals surface area contributed by atoms with Crippen molar-refractivity contribution in [2.75, 3.05) is 32.8 Å². The van der Waals surface area contributed by atoms with Gasteiger partial charge in [0.25, 0.3) is 0 Å². The molecule has 1 aromatic rings. The molecule has 0 bridgehead atoms. The standard InChI is InChI=1S/C10H17N5O3/c16-10(17)8-9-11-12-13-15(9)3-1-2-14-4-6-18-7-5-14/h1-8H2,(H,16,17). The van der Waals surface area contributed by atoms with Gasteiger partial charge in [-0.2, -0.15) is 0 Å². The van der Waals surface area contributed by atoms with Gasteiger partial charge in [0.15, 0.2) is 5.82 Å². The van der Waals surface area contributed by atoms with Gasteiger partial charge in [0.2, 0.25) is 0 Å². The van der Waals surface area contributed by atoms with Gasteiger partial charge in [0.05, 0.1) is 13.2 Å². The third kappa shape index (κ3) is 3.74. The van der Waals surface area contributed by atoms with Gasteiger partial charge in [-0.15, -0.1) is 5.10 Å². The molecule has 0 aliphatic carbocycles. The molecule has 1 fully saturated rings. The molecule has 0 spiro atoms. The smallest absolute Gasteiger partial charge is 0.311 e. The fraction of sp³-hybridized carbons (Fsp3) is 0.800. The summed E-state index contributed by atoms with van der Waals surface area (Å²) in [6.07, 6.45) is 0.766. The van der Waals surface area contributed by atoms with E-state index >= 15 is 0 Å². The number of rotatable bonds is 6. The van der Waals surface area contributed by atoms with Crippen LogP contribution in [0.4, 0.5) is 0 Å². The Labute approximate surface area is 105 Å². The molecule has 1 N–H and O–H groups in total. The van der Waals surface area contributed by atoms with Crippen molar-refractivity contribution in [2.24, 2.45) is 0 Å². The summed E-state index contributed by atoms with van der Waals surface area (Å²) in [4.78, 5) is 12.9. The lowest BCUT2D eigenvalue weighted by molar-refractivity contribution is -0.136. The van der Waals surface area contributed by atoms with Crippen LogP contribution >= 0.6 is 0 Å². The minimum absolute atomic E-state index is 0.134. The molecule has 100 valence electrons. The minimum Gasteiger partial charge on any atom is -0.481 e. The lowest BCUT2D eigenvalue weighted by atomic mass is 10.3. The fourth-order valence-corrected chi connectivity index (χ4v) is 1.93. The van der Waals surface area contributed by atoms with E-state index in [0.29, 0.717) is 12.4 Å². The number of carbonyl (C=O) groups is 1. The van der Waals surface area contributed by atoms with E-state index < -0.39 is 5.97 Å². The Morgan fingerprint density at radius 3 is 2.83 bits per heavy atom. The number of ether oxygens (including phenoxy) is 1. The second kappa shape index (κ2) is 6.41. The quantitative estimate of drug-likeness (QED) is 0.698. The number of carboxylic acid groups (broad SMARTS) is 1. The van der Waals surface area contributed by atoms with E-state index in [4.69, 9.17) is 9.84 Å². The van der Waals surface area contributed by atoms with E-state index in [-0.39, 0.29) is 6.42 Å². The monoisotopic (exact) mass is 255 g/mol. The van der Waals surface area contributed by atoms with Crippen LogP contribution in [0.5, 0.6) is 0 Å². The van der Waals surface area contributed by atoms with Gasteiger partial charge < -0.3 is 9.84 Å². The van der Waals surface area contributed by atoms with E-state index in [2.05, 4.69) is 20.4 Å². The zero-order valence-corrected chi connectivity index (χ0v) is 10.2. The third-order valence-corrected chi connectivity index (χ3v) is 2.86. The third-order valence-electron chi connectivity index (χ3n) is 2.86. The predicted octanol–water partition coefficient (Wildman–Crippen LogP) is -0.977. The molecule has 2 rings (SSSR count). The normalized spacial score (nSPS) is 16.9. The second-order valence-electron chi connectivity index (χ2n) is 4.20. The lowest BCUT2D eigenvalue weighted by Crippen LogP contribution is -2.37. The summed E-state index contributed by atoms with van der Waals surface area (Å²) in [7, 11) is 0. The summed E-state index contributed by atoms with van der Waals surface area (Å²) in [5, 5.41) is 19.7. The van der Waals surface area contributed by atoms with Crippen LogP contribution in [-0.4, -0.2) is 69.0 Å². The maximum Gasteiger partial charge on any atom is 0.311 e. The summed E-state index contributed by atoms with van der Waals surface area (Å²) in [6, 6.07) is 0. The fourth-order valence-electron chi connectivity index (χ4n) is 1.93. The van der Waals surface area contributed by atoms with Crippen molar-refractivity contribution < 1.29 is 14.6 Å². The van der Waals surface area contributed by atoms with Gasteiger partial charge in [0, 0.05) is 26.2 Å². The van der Waals surface area contributed by atoms with Crippen LogP contribution < -0.4 is 0 Å². The molecule has 1 aliphatic heterocycles. The van der Waals surface area contributed by atoms with Crippen LogP contribution in [0.2, 0.25) is 0 Å². The molecule has 18 heavy (non-hydrogen) atoms. The van der Waals surface area contributed by atoms with E-state index in [1.54, 1.807) is 4.68 Å². The average molecular weight is 255 g/mol. The number of hydrogen-bond acceptors (Lipinski definition) is 6. The number of nitrogens with zero attached hydrogens (tertiary/aromatic N) is 5. The molecule has 0 radical (unpaired) electrons. The predicted molar refractivity (Wildman–Crippen MR) is 61.0 cm³/mol. The first-order valence-electron chi connectivity index (χ1n) is 6.02. The van der Waals surface area contributed by atoms with Gasteiger partial charge >= 0.3 is 5.97 Å². The molecule has 8 heteroatoms. The molecule has 8 nitrogen and oxygen atoms in total. The maximum absolute atomic E-state index is 10.6. The summed E-state index contributed by atoms with van der Waals surface area (Å²) in [5.41, 5.74) is 0. The average Bonchev–Trinajstić information content (AvgIpc) is 2.77. The Morgan fingerprint density at radius 1 is 1.33 bits per heavy atom. The molecule has 0 amide bonds. The molecule has 1 aliphatic rings. The number of aryl methyl sites for hydroxylation is 1. The minimum atomic E-state index is -0.917. The zero-order valence-electron chi connectivity index (χ0n) is 10.2. The van der Waals surface area contributed by atoms with Gasteiger partial charge in [0.1, 0.15) is 6.42 Å². The number of carboxylic acids is 1. The van der Waals surface area contributed by atoms with Crippen LogP contribution in [0.1, 0.15) is 12.2 Å². The molecule has 0 saturated carbocycles. The van der Waals surface area contributed by atoms with Crippen LogP contribution in [0.25, 0.3) is 0 Å². The van der Waals surface area contributed by atoms with Gasteiger partial charge in [-0.05, 0) is 16.8 Å². The molecular formula is C10H17N5O3. The van der Waals surface area contributed by atoms with Crippen molar-refractivity contribution in [1.29, 1.82) is 0 Å². The first kappa shape index (κ1) is 12.9. The van der Waals surface area contributed by atoms with E-state index in [0.717, 1.165) is 39.3 Å². The number of morpholine rings is 1. The second-order valence-corrected chi connectivity index (χ2v) is 4.20. The van der Waals surface area contributed by atoms with Gasteiger partial charge in [-0.25, -0.2) is 4.68 Å². The van der Waals surface area contributed by atoms with E-state index in [1.165, 1.54) is 0 Å². The first-order valence-corrected chi connectivity index (χ1v) is 6.02. The SMILES string of the molecule is O=C(O)Cc1nnnn1CCCN1CCOCC1. The van der Waals surface area contributed by atoms with Crippen molar-refractivity contribution in [3.63, 3.8) is 0 Å². The first-order chi connectivity index (χ1) is 8.75. The maximum atomic E-state index is 10.6. The summed E-state index contributed by atoms with van der Waals surface area (Å²) in [5.74, 6) is -0.510. The van der Waals surface area contributed by atoms with E-state index in [9.17, 15) is 4.79 Å². The highest BCUT2D eigenvalue weighted by Crippen LogP contribution is 2.01. The summed E-state index contributed by atoms with van der Waals surface area (Å²) in [6.45, 7) is 5.09. The molecule has 1 saturated heterocycles. The number of tetrazole rings is 1. The molecule has 0 atom stereocenters. The van der Waals surface area contributed by atoms with Crippen molar-refractivity contribution in [3.05, 3.63) is 5.82 Å². The molecule has 2 heterocycles. The van der Waals surface area contributed by atoms with Crippen LogP contribution in [0.15, 0.2) is 0 Å². The Hall–Kier alpha value is -1.54. The van der Waals surface area contributed by atoms with Gasteiger partial charge in [-0.1, -0.05) is 0 Å². The van der Waals surface area contributed by atoms with Crippen molar-refractivity contribution in [2.45, 2.75) is 19.4 Å². The van der Waals surface area contributed by atoms with Crippen LogP contribution in [0, 0.1) is 0 Å². The summed E-state index contributed by atoms with van der Waals surface area (Å²) >= 11 is 0. The van der Waals surface area contributed by atoms with Gasteiger partial charge in [-0.3, -0.25) is 9.69 Å².